The summed E-state index contributed by atoms with van der Waals surface area (Å²) in [6.45, 7) is 0. The van der Waals surface area contributed by atoms with Crippen molar-refractivity contribution in [3.05, 3.63) is 56.6 Å². The smallest absolute Gasteiger partial charge is 0.275 e. The number of nitrogens with one attached hydrogen (secondary N) is 1. The monoisotopic (exact) mass is 396 g/mol. The summed E-state index contributed by atoms with van der Waals surface area (Å²) in [7, 11) is 0. The second-order valence-corrected chi connectivity index (χ2v) is 6.12. The largest absolute Gasteiger partial charge is 0.455 e. The van der Waals surface area contributed by atoms with E-state index in [4.69, 9.17) is 33.2 Å². The predicted molar refractivity (Wildman–Crippen MR) is 99.0 cm³/mol. The summed E-state index contributed by atoms with van der Waals surface area (Å²) in [5, 5.41) is 23.2. The number of rotatable bonds is 4. The number of benzene rings is 2. The third kappa shape index (κ3) is 5.26. The molecule has 10 heteroatoms. The summed E-state index contributed by atoms with van der Waals surface area (Å²) in [4.78, 5) is 14.7. The lowest BCUT2D eigenvalue weighted by atomic mass is 10.2. The molecule has 2 aromatic carbocycles. The van der Waals surface area contributed by atoms with Gasteiger partial charge in [0, 0.05) is 17.2 Å². The number of ether oxygens (including phenoxy) is 1. The van der Waals surface area contributed by atoms with Gasteiger partial charge < -0.3 is 4.74 Å². The zero-order valence-electron chi connectivity index (χ0n) is 12.7. The number of nitro benzene ring substituents is 1. The van der Waals surface area contributed by atoms with E-state index in [9.17, 15) is 10.1 Å². The Hall–Kier alpha value is -2.47. The molecule has 2 aromatic rings. The van der Waals surface area contributed by atoms with Crippen LogP contribution in [0.25, 0.3) is 0 Å². The summed E-state index contributed by atoms with van der Waals surface area (Å²) in [5.41, 5.74) is 0.0418. The summed E-state index contributed by atoms with van der Waals surface area (Å²) in [6, 6.07) is 8.65. The molecule has 0 fully saturated rings. The molecule has 0 aliphatic heterocycles. The fourth-order valence-electron chi connectivity index (χ4n) is 1.77. The highest BCUT2D eigenvalue weighted by Crippen LogP contribution is 2.35. The van der Waals surface area contributed by atoms with Crippen molar-refractivity contribution in [2.24, 2.45) is 4.99 Å². The number of non-ortho nitro benzene ring substituents is 1. The van der Waals surface area contributed by atoms with E-state index in [1.165, 1.54) is 36.0 Å². The molecule has 0 saturated carbocycles. The van der Waals surface area contributed by atoms with Crippen LogP contribution in [-0.2, 0) is 0 Å². The highest BCUT2D eigenvalue weighted by molar-refractivity contribution is 8.13. The van der Waals surface area contributed by atoms with Gasteiger partial charge >= 0.3 is 0 Å². The molecule has 0 spiro atoms. The minimum absolute atomic E-state index is 0.176. The van der Waals surface area contributed by atoms with Crippen molar-refractivity contribution in [1.29, 1.82) is 5.26 Å². The number of aliphatic imine (C=N–C) groups is 1. The lowest BCUT2D eigenvalue weighted by Crippen LogP contribution is -2.12. The lowest BCUT2D eigenvalue weighted by Gasteiger charge is -2.09. The van der Waals surface area contributed by atoms with Crippen LogP contribution in [0, 0.1) is 21.6 Å². The number of nitro groups is 1. The molecule has 0 aliphatic carbocycles. The number of nitrogens with zero attached hydrogens (tertiary/aromatic N) is 3. The third-order valence-electron chi connectivity index (χ3n) is 2.80. The van der Waals surface area contributed by atoms with Crippen molar-refractivity contribution in [1.82, 2.24) is 5.32 Å². The van der Waals surface area contributed by atoms with E-state index >= 15 is 0 Å². The first-order chi connectivity index (χ1) is 11.9. The Morgan fingerprint density at radius 1 is 1.36 bits per heavy atom. The fourth-order valence-corrected chi connectivity index (χ4v) is 2.56. The predicted octanol–water partition coefficient (Wildman–Crippen LogP) is 5.12. The lowest BCUT2D eigenvalue weighted by molar-refractivity contribution is -0.384. The number of nitriles is 1. The number of hydrogen-bond acceptors (Lipinski definition) is 6. The van der Waals surface area contributed by atoms with Gasteiger partial charge in [-0.2, -0.15) is 5.26 Å². The number of halogens is 2. The fraction of sp³-hybridized carbons (Fsp3) is 0.0667. The Balaban J connectivity index is 2.44. The molecule has 0 radical (unpaired) electrons. The van der Waals surface area contributed by atoms with Crippen LogP contribution in [0.15, 0.2) is 41.4 Å². The van der Waals surface area contributed by atoms with Crippen LogP contribution in [0.5, 0.6) is 11.5 Å². The summed E-state index contributed by atoms with van der Waals surface area (Å²) in [6.07, 6.45) is 3.46. The second-order valence-electron chi connectivity index (χ2n) is 4.48. The van der Waals surface area contributed by atoms with Crippen LogP contribution in [-0.4, -0.2) is 16.3 Å². The summed E-state index contributed by atoms with van der Waals surface area (Å²) >= 11 is 13.1. The molecule has 1 N–H and O–H groups in total. The van der Waals surface area contributed by atoms with Crippen molar-refractivity contribution in [3.63, 3.8) is 0 Å². The molecular weight excluding hydrogens is 387 g/mol. The Kier molecular flexibility index (Phi) is 6.47. The molecule has 25 heavy (non-hydrogen) atoms. The van der Waals surface area contributed by atoms with Crippen LogP contribution < -0.4 is 10.1 Å². The van der Waals surface area contributed by atoms with Crippen molar-refractivity contribution < 1.29 is 9.66 Å². The number of thioether (sulfide) groups is 1. The number of amidine groups is 1. The van der Waals surface area contributed by atoms with Gasteiger partial charge in [-0.1, -0.05) is 35.0 Å². The minimum atomic E-state index is -0.564. The van der Waals surface area contributed by atoms with Crippen molar-refractivity contribution in [2.45, 2.75) is 0 Å². The highest BCUT2D eigenvalue weighted by atomic mass is 35.5. The average molecular weight is 397 g/mol. The molecule has 0 aromatic heterocycles. The van der Waals surface area contributed by atoms with Crippen LogP contribution in [0.4, 0.5) is 11.4 Å². The molecule has 0 bridgehead atoms. The van der Waals surface area contributed by atoms with Gasteiger partial charge in [0.05, 0.1) is 21.7 Å². The average Bonchev–Trinajstić information content (AvgIpc) is 2.56. The highest BCUT2D eigenvalue weighted by Gasteiger charge is 2.13. The van der Waals surface area contributed by atoms with Crippen LogP contribution >= 0.6 is 35.0 Å². The minimum Gasteiger partial charge on any atom is -0.455 e. The zero-order chi connectivity index (χ0) is 18.4. The van der Waals surface area contributed by atoms with Gasteiger partial charge in [0.2, 0.25) is 0 Å². The van der Waals surface area contributed by atoms with E-state index in [0.717, 1.165) is 0 Å². The summed E-state index contributed by atoms with van der Waals surface area (Å²) < 4.78 is 5.61. The molecule has 2 rings (SSSR count). The summed E-state index contributed by atoms with van der Waals surface area (Å²) in [5.74, 6) is 0.469. The molecule has 0 heterocycles. The van der Waals surface area contributed by atoms with Gasteiger partial charge in [-0.05, 0) is 24.5 Å². The SMILES string of the molecule is CSC(=Nc1cc(Oc2ccc(Cl)cc2Cl)cc([N+](=O)[O-])c1)NC#N. The van der Waals surface area contributed by atoms with Crippen molar-refractivity contribution >= 4 is 51.5 Å². The topological polar surface area (TPSA) is 101 Å². The first-order valence-corrected chi connectivity index (χ1v) is 8.61. The van der Waals surface area contributed by atoms with E-state index in [1.54, 1.807) is 24.6 Å². The van der Waals surface area contributed by atoms with Crippen molar-refractivity contribution in [2.75, 3.05) is 6.26 Å². The normalized spacial score (nSPS) is 10.9. The van der Waals surface area contributed by atoms with Crippen molar-refractivity contribution in [3.8, 4) is 17.7 Å². The van der Waals surface area contributed by atoms with Gasteiger partial charge in [-0.15, -0.1) is 0 Å². The van der Waals surface area contributed by atoms with E-state index in [2.05, 4.69) is 10.3 Å². The molecular formula is C15H10Cl2N4O3S. The van der Waals surface area contributed by atoms with E-state index < -0.39 is 4.92 Å². The van der Waals surface area contributed by atoms with E-state index in [1.807, 2.05) is 0 Å². The number of hydrogen-bond donors (Lipinski definition) is 1. The molecule has 0 unspecified atom stereocenters. The van der Waals surface area contributed by atoms with Crippen LogP contribution in [0.3, 0.4) is 0 Å². The van der Waals surface area contributed by atoms with Gasteiger partial charge in [0.1, 0.15) is 11.5 Å². The Labute approximate surface area is 157 Å². The van der Waals surface area contributed by atoms with E-state index in [-0.39, 0.29) is 22.1 Å². The first kappa shape index (κ1) is 18.9. The van der Waals surface area contributed by atoms with Gasteiger partial charge in [-0.3, -0.25) is 15.4 Å². The van der Waals surface area contributed by atoms with Crippen LogP contribution in [0.1, 0.15) is 0 Å². The second kappa shape index (κ2) is 8.58. The molecule has 0 saturated heterocycles. The molecule has 0 aliphatic rings. The maximum Gasteiger partial charge on any atom is 0.275 e. The maximum absolute atomic E-state index is 11.1. The van der Waals surface area contributed by atoms with E-state index in [0.29, 0.717) is 15.9 Å². The molecule has 128 valence electrons. The Morgan fingerprint density at radius 2 is 2.12 bits per heavy atom. The van der Waals surface area contributed by atoms with Gasteiger partial charge in [-0.25, -0.2) is 4.99 Å². The van der Waals surface area contributed by atoms with Crippen LogP contribution in [0.2, 0.25) is 10.0 Å². The molecule has 0 atom stereocenters. The Morgan fingerprint density at radius 3 is 2.72 bits per heavy atom. The Bertz CT molecular complexity index is 884. The first-order valence-electron chi connectivity index (χ1n) is 6.63. The molecule has 0 amide bonds. The zero-order valence-corrected chi connectivity index (χ0v) is 15.0. The standard InChI is InChI=1S/C15H10Cl2N4O3S/c1-25-15(19-8-18)20-10-5-11(21(22)23)7-12(6-10)24-14-3-2-9(16)4-13(14)17/h2-7H,1H3,(H,19,20). The maximum atomic E-state index is 11.1. The van der Waals surface area contributed by atoms with Gasteiger partial charge in [0.25, 0.3) is 5.69 Å². The quantitative estimate of drug-likeness (QED) is 0.192. The third-order valence-corrected chi connectivity index (χ3v) is 3.91. The molecule has 7 nitrogen and oxygen atoms in total. The van der Waals surface area contributed by atoms with Gasteiger partial charge in [0.15, 0.2) is 11.4 Å².